The average Bonchev–Trinajstić information content (AvgIpc) is 2.84. The number of likely N-dealkylation sites (tertiary alicyclic amines) is 1. The van der Waals surface area contributed by atoms with Crippen LogP contribution in [0.5, 0.6) is 5.75 Å². The summed E-state index contributed by atoms with van der Waals surface area (Å²) in [7, 11) is 1.81. The van der Waals surface area contributed by atoms with Gasteiger partial charge in [0.25, 0.3) is 5.91 Å². The third kappa shape index (κ3) is 5.79. The Bertz CT molecular complexity index is 910. The minimum atomic E-state index is 0.00784. The maximum Gasteiger partial charge on any atom is 0.265 e. The van der Waals surface area contributed by atoms with E-state index in [1.54, 1.807) is 0 Å². The van der Waals surface area contributed by atoms with Gasteiger partial charge in [0.15, 0.2) is 12.6 Å². The second kappa shape index (κ2) is 11.0. The van der Waals surface area contributed by atoms with Crippen LogP contribution in [0.3, 0.4) is 0 Å². The van der Waals surface area contributed by atoms with Crippen molar-refractivity contribution in [3.63, 3.8) is 0 Å². The number of anilines is 1. The predicted octanol–water partition coefficient (Wildman–Crippen LogP) is 2.63. The largest absolute Gasteiger partial charge is 0.482 e. The normalized spacial score (nSPS) is 17.6. The van der Waals surface area contributed by atoms with E-state index >= 15 is 0 Å². The van der Waals surface area contributed by atoms with Gasteiger partial charge in [-0.1, -0.05) is 42.5 Å². The molecule has 32 heavy (non-hydrogen) atoms. The summed E-state index contributed by atoms with van der Waals surface area (Å²) in [5.74, 6) is 1.62. The predicted molar refractivity (Wildman–Crippen MR) is 128 cm³/mol. The highest BCUT2D eigenvalue weighted by Crippen LogP contribution is 2.31. The molecule has 2 aromatic carbocycles. The van der Waals surface area contributed by atoms with E-state index in [1.165, 1.54) is 5.56 Å². The second-order valence-corrected chi connectivity index (χ2v) is 8.33. The van der Waals surface area contributed by atoms with Crippen LogP contribution >= 0.6 is 0 Å². The molecular formula is C25H33N5O2. The van der Waals surface area contributed by atoms with Crippen molar-refractivity contribution in [1.29, 1.82) is 0 Å². The average molecular weight is 436 g/mol. The van der Waals surface area contributed by atoms with Gasteiger partial charge >= 0.3 is 0 Å². The highest BCUT2D eigenvalue weighted by atomic mass is 16.5. The molecule has 170 valence electrons. The maximum atomic E-state index is 12.3. The van der Waals surface area contributed by atoms with Crippen LogP contribution in [0.1, 0.15) is 24.8 Å². The molecule has 0 unspecified atom stereocenters. The Labute approximate surface area is 190 Å². The Kier molecular flexibility index (Phi) is 7.61. The molecule has 0 spiro atoms. The molecule has 2 aromatic rings. The van der Waals surface area contributed by atoms with Crippen LogP contribution in [-0.4, -0.2) is 62.6 Å². The van der Waals surface area contributed by atoms with Crippen LogP contribution < -0.4 is 20.3 Å². The Morgan fingerprint density at radius 3 is 2.62 bits per heavy atom. The van der Waals surface area contributed by atoms with Crippen LogP contribution in [0, 0.1) is 0 Å². The van der Waals surface area contributed by atoms with Crippen LogP contribution in [0.25, 0.3) is 0 Å². The fraction of sp³-hybridized carbons (Fsp3) is 0.440. The van der Waals surface area contributed by atoms with E-state index in [1.807, 2.05) is 36.2 Å². The third-order valence-electron chi connectivity index (χ3n) is 6.06. The van der Waals surface area contributed by atoms with Gasteiger partial charge in [-0.2, -0.15) is 0 Å². The van der Waals surface area contributed by atoms with Crippen LogP contribution in [0.15, 0.2) is 59.6 Å². The highest BCUT2D eigenvalue weighted by Gasteiger charge is 2.24. The van der Waals surface area contributed by atoms with Crippen molar-refractivity contribution in [3.05, 3.63) is 60.2 Å². The molecule has 2 N–H and O–H groups in total. The number of hydrogen-bond acceptors (Lipinski definition) is 4. The number of nitrogens with one attached hydrogen (secondary N) is 2. The van der Waals surface area contributed by atoms with E-state index in [-0.39, 0.29) is 12.5 Å². The van der Waals surface area contributed by atoms with E-state index in [0.717, 1.165) is 62.8 Å². The van der Waals surface area contributed by atoms with E-state index in [9.17, 15) is 4.79 Å². The fourth-order valence-electron chi connectivity index (χ4n) is 4.31. The maximum absolute atomic E-state index is 12.3. The number of carbonyl (C=O) groups excluding carboxylic acids is 1. The number of carbonyl (C=O) groups is 1. The van der Waals surface area contributed by atoms with Crippen molar-refractivity contribution < 1.29 is 9.53 Å². The molecule has 0 radical (unpaired) electrons. The molecule has 1 saturated heterocycles. The van der Waals surface area contributed by atoms with Gasteiger partial charge in [0, 0.05) is 45.8 Å². The number of para-hydroxylation sites is 2. The van der Waals surface area contributed by atoms with Crippen molar-refractivity contribution in [2.24, 2.45) is 4.99 Å². The number of aliphatic imine (C=N–C) groups is 1. The fourth-order valence-corrected chi connectivity index (χ4v) is 4.31. The molecule has 7 nitrogen and oxygen atoms in total. The van der Waals surface area contributed by atoms with Gasteiger partial charge in [0.1, 0.15) is 5.75 Å². The van der Waals surface area contributed by atoms with E-state index in [4.69, 9.17) is 4.74 Å². The standard InChI is InChI=1S/C25H33N5O2/c1-26-25(28-21-12-16-29(17-13-21)18-20-8-3-2-4-9-20)27-14-7-15-30-22-10-5-6-11-23(22)32-19-24(30)31/h2-6,8-11,21H,7,12-19H2,1H3,(H2,26,27,28). The zero-order valence-corrected chi connectivity index (χ0v) is 18.8. The molecule has 2 heterocycles. The van der Waals surface area contributed by atoms with Gasteiger partial charge in [-0.15, -0.1) is 0 Å². The Balaban J connectivity index is 1.17. The molecule has 0 bridgehead atoms. The third-order valence-corrected chi connectivity index (χ3v) is 6.06. The number of ether oxygens (including phenoxy) is 1. The summed E-state index contributed by atoms with van der Waals surface area (Å²) >= 11 is 0. The number of guanidine groups is 1. The van der Waals surface area contributed by atoms with E-state index in [0.29, 0.717) is 12.6 Å². The van der Waals surface area contributed by atoms with Gasteiger partial charge in [-0.25, -0.2) is 0 Å². The number of fused-ring (bicyclic) bond motifs is 1. The molecule has 0 atom stereocenters. The Morgan fingerprint density at radius 2 is 1.84 bits per heavy atom. The topological polar surface area (TPSA) is 69.2 Å². The second-order valence-electron chi connectivity index (χ2n) is 8.33. The molecule has 4 rings (SSSR count). The van der Waals surface area contributed by atoms with Gasteiger partial charge < -0.3 is 20.3 Å². The number of piperidine rings is 1. The Morgan fingerprint density at radius 1 is 1.09 bits per heavy atom. The monoisotopic (exact) mass is 435 g/mol. The number of amides is 1. The smallest absolute Gasteiger partial charge is 0.265 e. The SMILES string of the molecule is CN=C(NCCCN1C(=O)COc2ccccc21)NC1CCN(Cc2ccccc2)CC1. The first-order valence-electron chi connectivity index (χ1n) is 11.5. The summed E-state index contributed by atoms with van der Waals surface area (Å²) in [5, 5.41) is 6.97. The molecule has 7 heteroatoms. The van der Waals surface area contributed by atoms with Crippen molar-refractivity contribution in [2.75, 3.05) is 44.7 Å². The number of rotatable bonds is 7. The first-order chi connectivity index (χ1) is 15.7. The molecule has 2 aliphatic heterocycles. The quantitative estimate of drug-likeness (QED) is 0.398. The van der Waals surface area contributed by atoms with Gasteiger partial charge in [0.05, 0.1) is 5.69 Å². The number of nitrogens with zero attached hydrogens (tertiary/aromatic N) is 3. The van der Waals surface area contributed by atoms with Gasteiger partial charge in [-0.3, -0.25) is 14.7 Å². The summed E-state index contributed by atoms with van der Waals surface area (Å²) in [6.07, 6.45) is 3.04. The first-order valence-corrected chi connectivity index (χ1v) is 11.5. The van der Waals surface area contributed by atoms with Gasteiger partial charge in [-0.05, 0) is 37.0 Å². The first kappa shape index (κ1) is 22.1. The summed E-state index contributed by atoms with van der Waals surface area (Å²) in [6.45, 7) is 4.70. The molecule has 1 amide bonds. The molecule has 2 aliphatic rings. The lowest BCUT2D eigenvalue weighted by Gasteiger charge is -2.33. The lowest BCUT2D eigenvalue weighted by Crippen LogP contribution is -2.49. The minimum Gasteiger partial charge on any atom is -0.482 e. The summed E-state index contributed by atoms with van der Waals surface area (Å²) in [6, 6.07) is 18.8. The van der Waals surface area contributed by atoms with Crippen molar-refractivity contribution in [2.45, 2.75) is 31.8 Å². The van der Waals surface area contributed by atoms with Gasteiger partial charge in [0.2, 0.25) is 0 Å². The van der Waals surface area contributed by atoms with Crippen LogP contribution in [-0.2, 0) is 11.3 Å². The van der Waals surface area contributed by atoms with Crippen LogP contribution in [0.4, 0.5) is 5.69 Å². The van der Waals surface area contributed by atoms with E-state index < -0.39 is 0 Å². The zero-order valence-electron chi connectivity index (χ0n) is 18.8. The summed E-state index contributed by atoms with van der Waals surface area (Å²) < 4.78 is 5.51. The van der Waals surface area contributed by atoms with Crippen molar-refractivity contribution in [1.82, 2.24) is 15.5 Å². The van der Waals surface area contributed by atoms with Crippen molar-refractivity contribution >= 4 is 17.6 Å². The molecule has 0 saturated carbocycles. The molecule has 1 fully saturated rings. The Hall–Kier alpha value is -3.06. The summed E-state index contributed by atoms with van der Waals surface area (Å²) in [5.41, 5.74) is 2.23. The minimum absolute atomic E-state index is 0.00784. The highest BCUT2D eigenvalue weighted by molar-refractivity contribution is 5.97. The number of benzene rings is 2. The molecular weight excluding hydrogens is 402 g/mol. The number of hydrogen-bond donors (Lipinski definition) is 2. The lowest BCUT2D eigenvalue weighted by molar-refractivity contribution is -0.121. The summed E-state index contributed by atoms with van der Waals surface area (Å²) in [4.78, 5) is 21.0. The van der Waals surface area contributed by atoms with Crippen LogP contribution in [0.2, 0.25) is 0 Å². The zero-order chi connectivity index (χ0) is 22.2. The van der Waals surface area contributed by atoms with Crippen molar-refractivity contribution in [3.8, 4) is 5.75 Å². The molecule has 0 aliphatic carbocycles. The lowest BCUT2D eigenvalue weighted by atomic mass is 10.0. The van der Waals surface area contributed by atoms with E-state index in [2.05, 4.69) is 50.9 Å². The molecule has 0 aromatic heterocycles.